The highest BCUT2D eigenvalue weighted by Gasteiger charge is 2.14. The van der Waals surface area contributed by atoms with Crippen molar-refractivity contribution in [3.8, 4) is 0 Å². The van der Waals surface area contributed by atoms with Crippen LogP contribution in [0.15, 0.2) is 4.34 Å². The van der Waals surface area contributed by atoms with Gasteiger partial charge in [-0.2, -0.15) is 0 Å². The normalized spacial score (nSPS) is 16.0. The van der Waals surface area contributed by atoms with Gasteiger partial charge in [0.05, 0.1) is 5.75 Å². The van der Waals surface area contributed by atoms with Crippen LogP contribution >= 0.6 is 23.1 Å². The average Bonchev–Trinajstić information content (AvgIpc) is 2.98. The molecule has 1 amide bonds. The van der Waals surface area contributed by atoms with Crippen molar-refractivity contribution in [2.75, 3.05) is 24.2 Å². The zero-order chi connectivity index (χ0) is 15.8. The molecule has 0 unspecified atom stereocenters. The highest BCUT2D eigenvalue weighted by molar-refractivity contribution is 8.01. The molecule has 1 aliphatic carbocycles. The SMILES string of the molecule is CC(C)CNc1nnc(SCC(=O)NCC2CCCCC2)s1. The molecule has 5 nitrogen and oxygen atoms in total. The summed E-state index contributed by atoms with van der Waals surface area (Å²) in [4.78, 5) is 11.9. The van der Waals surface area contributed by atoms with Crippen LogP contribution in [0.4, 0.5) is 5.13 Å². The number of nitrogens with one attached hydrogen (secondary N) is 2. The molecule has 1 heterocycles. The lowest BCUT2D eigenvalue weighted by atomic mass is 9.89. The summed E-state index contributed by atoms with van der Waals surface area (Å²) in [5, 5.41) is 15.3. The second-order valence-electron chi connectivity index (χ2n) is 6.24. The molecule has 0 spiro atoms. The van der Waals surface area contributed by atoms with E-state index in [9.17, 15) is 4.79 Å². The number of amides is 1. The maximum atomic E-state index is 11.9. The van der Waals surface area contributed by atoms with E-state index in [2.05, 4.69) is 34.7 Å². The molecule has 0 radical (unpaired) electrons. The fourth-order valence-electron chi connectivity index (χ4n) is 2.46. The second kappa shape index (κ2) is 9.35. The minimum absolute atomic E-state index is 0.0995. The van der Waals surface area contributed by atoms with Crippen molar-refractivity contribution in [2.24, 2.45) is 11.8 Å². The molecule has 1 aromatic heterocycles. The van der Waals surface area contributed by atoms with Crippen molar-refractivity contribution in [1.82, 2.24) is 15.5 Å². The van der Waals surface area contributed by atoms with E-state index in [4.69, 9.17) is 0 Å². The van der Waals surface area contributed by atoms with E-state index in [1.54, 1.807) is 0 Å². The second-order valence-corrected chi connectivity index (χ2v) is 8.44. The maximum Gasteiger partial charge on any atom is 0.230 e. The molecule has 1 fully saturated rings. The Morgan fingerprint density at radius 2 is 2.09 bits per heavy atom. The van der Waals surface area contributed by atoms with E-state index in [1.165, 1.54) is 55.2 Å². The number of thioether (sulfide) groups is 1. The third-order valence-electron chi connectivity index (χ3n) is 3.71. The first-order valence-corrected chi connectivity index (χ1v) is 9.90. The van der Waals surface area contributed by atoms with Gasteiger partial charge in [-0.15, -0.1) is 10.2 Å². The molecule has 7 heteroatoms. The molecule has 22 heavy (non-hydrogen) atoms. The smallest absolute Gasteiger partial charge is 0.230 e. The third kappa shape index (κ3) is 6.52. The minimum Gasteiger partial charge on any atom is -0.360 e. The van der Waals surface area contributed by atoms with Gasteiger partial charge in [-0.3, -0.25) is 4.79 Å². The van der Waals surface area contributed by atoms with Crippen LogP contribution in [0.3, 0.4) is 0 Å². The number of aromatic nitrogens is 2. The van der Waals surface area contributed by atoms with E-state index in [-0.39, 0.29) is 5.91 Å². The van der Waals surface area contributed by atoms with Gasteiger partial charge in [0.1, 0.15) is 0 Å². The largest absolute Gasteiger partial charge is 0.360 e. The van der Waals surface area contributed by atoms with Crippen molar-refractivity contribution in [1.29, 1.82) is 0 Å². The Morgan fingerprint density at radius 3 is 2.82 bits per heavy atom. The van der Waals surface area contributed by atoms with Gasteiger partial charge in [0.15, 0.2) is 4.34 Å². The summed E-state index contributed by atoms with van der Waals surface area (Å²) >= 11 is 2.98. The molecule has 0 saturated heterocycles. The molecule has 1 aliphatic rings. The molecule has 1 saturated carbocycles. The zero-order valence-electron chi connectivity index (χ0n) is 13.4. The van der Waals surface area contributed by atoms with Crippen LogP contribution in [0.25, 0.3) is 0 Å². The van der Waals surface area contributed by atoms with E-state index in [0.717, 1.165) is 22.6 Å². The lowest BCUT2D eigenvalue weighted by Crippen LogP contribution is -2.31. The molecule has 0 aromatic carbocycles. The van der Waals surface area contributed by atoms with Crippen LogP contribution in [0.5, 0.6) is 0 Å². The van der Waals surface area contributed by atoms with Crippen molar-refractivity contribution in [3.05, 3.63) is 0 Å². The monoisotopic (exact) mass is 342 g/mol. The summed E-state index contributed by atoms with van der Waals surface area (Å²) in [6, 6.07) is 0. The van der Waals surface area contributed by atoms with Crippen molar-refractivity contribution < 1.29 is 4.79 Å². The third-order valence-corrected chi connectivity index (χ3v) is 5.72. The average molecular weight is 343 g/mol. The molecule has 0 aliphatic heterocycles. The molecule has 2 rings (SSSR count). The zero-order valence-corrected chi connectivity index (χ0v) is 15.1. The van der Waals surface area contributed by atoms with Gasteiger partial charge in [0.2, 0.25) is 11.0 Å². The van der Waals surface area contributed by atoms with Gasteiger partial charge in [0.25, 0.3) is 0 Å². The van der Waals surface area contributed by atoms with E-state index < -0.39 is 0 Å². The first kappa shape index (κ1) is 17.5. The Labute approximate surface area is 141 Å². The van der Waals surface area contributed by atoms with Gasteiger partial charge in [-0.1, -0.05) is 56.2 Å². The Bertz CT molecular complexity index is 458. The molecular formula is C15H26N4OS2. The summed E-state index contributed by atoms with van der Waals surface area (Å²) in [6.45, 7) is 6.03. The number of hydrogen-bond donors (Lipinski definition) is 2. The first-order valence-electron chi connectivity index (χ1n) is 8.10. The van der Waals surface area contributed by atoms with Crippen LogP contribution < -0.4 is 10.6 Å². The predicted molar refractivity (Wildman–Crippen MR) is 93.5 cm³/mol. The molecule has 0 bridgehead atoms. The summed E-state index contributed by atoms with van der Waals surface area (Å²) in [5.41, 5.74) is 0. The number of carbonyl (C=O) groups excluding carboxylic acids is 1. The van der Waals surface area contributed by atoms with Crippen molar-refractivity contribution in [2.45, 2.75) is 50.3 Å². The number of carbonyl (C=O) groups is 1. The fraction of sp³-hybridized carbons (Fsp3) is 0.800. The molecule has 124 valence electrons. The van der Waals surface area contributed by atoms with Gasteiger partial charge in [0, 0.05) is 13.1 Å². The van der Waals surface area contributed by atoms with Gasteiger partial charge in [-0.05, 0) is 24.7 Å². The Morgan fingerprint density at radius 1 is 1.32 bits per heavy atom. The first-order chi connectivity index (χ1) is 10.6. The van der Waals surface area contributed by atoms with E-state index in [1.807, 2.05) is 0 Å². The van der Waals surface area contributed by atoms with Crippen LogP contribution in [0.1, 0.15) is 46.0 Å². The molecule has 1 aromatic rings. The number of nitrogens with zero attached hydrogens (tertiary/aromatic N) is 2. The molecular weight excluding hydrogens is 316 g/mol. The summed E-state index contributed by atoms with van der Waals surface area (Å²) in [6.07, 6.45) is 6.49. The van der Waals surface area contributed by atoms with Crippen LogP contribution in [-0.2, 0) is 4.79 Å². The number of rotatable bonds is 8. The summed E-state index contributed by atoms with van der Waals surface area (Å²) in [5.74, 6) is 1.77. The lowest BCUT2D eigenvalue weighted by molar-refractivity contribution is -0.118. The van der Waals surface area contributed by atoms with Gasteiger partial charge in [-0.25, -0.2) is 0 Å². The van der Waals surface area contributed by atoms with Gasteiger partial charge < -0.3 is 10.6 Å². The van der Waals surface area contributed by atoms with Crippen LogP contribution in [0.2, 0.25) is 0 Å². The summed E-state index contributed by atoms with van der Waals surface area (Å²) in [7, 11) is 0. The standard InChI is InChI=1S/C15H26N4OS2/c1-11(2)8-17-14-18-19-15(22-14)21-10-13(20)16-9-12-6-4-3-5-7-12/h11-12H,3-10H2,1-2H3,(H,16,20)(H,17,18). The Balaban J connectivity index is 1.63. The Kier molecular flexibility index (Phi) is 7.45. The van der Waals surface area contributed by atoms with Crippen molar-refractivity contribution in [3.63, 3.8) is 0 Å². The Hall–Kier alpha value is -0.820. The van der Waals surface area contributed by atoms with E-state index >= 15 is 0 Å². The predicted octanol–water partition coefficient (Wildman–Crippen LogP) is 3.39. The van der Waals surface area contributed by atoms with Crippen molar-refractivity contribution >= 4 is 34.1 Å². The maximum absolute atomic E-state index is 11.9. The van der Waals surface area contributed by atoms with Gasteiger partial charge >= 0.3 is 0 Å². The lowest BCUT2D eigenvalue weighted by Gasteiger charge is -2.21. The highest BCUT2D eigenvalue weighted by Crippen LogP contribution is 2.26. The fourth-order valence-corrected chi connectivity index (χ4v) is 4.05. The topological polar surface area (TPSA) is 66.9 Å². The molecule has 0 atom stereocenters. The minimum atomic E-state index is 0.0995. The number of anilines is 1. The number of hydrogen-bond acceptors (Lipinski definition) is 6. The molecule has 2 N–H and O–H groups in total. The summed E-state index contributed by atoms with van der Waals surface area (Å²) < 4.78 is 0.846. The quantitative estimate of drug-likeness (QED) is 0.709. The van der Waals surface area contributed by atoms with Crippen LogP contribution in [0, 0.1) is 11.8 Å². The van der Waals surface area contributed by atoms with E-state index in [0.29, 0.717) is 17.6 Å². The van der Waals surface area contributed by atoms with Crippen LogP contribution in [-0.4, -0.2) is 34.9 Å². The highest BCUT2D eigenvalue weighted by atomic mass is 32.2.